The van der Waals surface area contributed by atoms with E-state index in [1.807, 2.05) is 0 Å². The van der Waals surface area contributed by atoms with Gasteiger partial charge in [-0.25, -0.2) is 0 Å². The highest BCUT2D eigenvalue weighted by molar-refractivity contribution is 6.60. The Labute approximate surface area is 124 Å². The van der Waals surface area contributed by atoms with E-state index < -0.39 is 8.80 Å². The van der Waals surface area contributed by atoms with Crippen LogP contribution in [0.2, 0.25) is 6.04 Å². The number of piperazine rings is 1. The van der Waals surface area contributed by atoms with E-state index in [-0.39, 0.29) is 6.23 Å². The molecule has 7 heteroatoms. The van der Waals surface area contributed by atoms with E-state index in [0.29, 0.717) is 0 Å². The number of nitrogens with zero attached hydrogens (tertiary/aromatic N) is 1. The second kappa shape index (κ2) is 9.83. The Morgan fingerprint density at radius 3 is 2.45 bits per heavy atom. The molecule has 0 aromatic carbocycles. The molecule has 1 heterocycles. The van der Waals surface area contributed by atoms with E-state index in [9.17, 15) is 0 Å². The molecule has 0 aromatic heterocycles. The number of hydrogen-bond acceptors (Lipinski definition) is 6. The molecule has 0 radical (unpaired) electrons. The Kier molecular flexibility index (Phi) is 8.86. The van der Waals surface area contributed by atoms with Crippen molar-refractivity contribution in [3.05, 3.63) is 0 Å². The molecule has 1 rings (SSSR count). The zero-order valence-corrected chi connectivity index (χ0v) is 14.4. The standard InChI is InChI=1S/C13H31N3O3Si/c1-5-14-7-6-12-20(17-3,18-4)19-13(2)16-10-8-15-9-11-16/h13-15H,5-12H2,1-4H3. The van der Waals surface area contributed by atoms with Crippen LogP contribution < -0.4 is 10.6 Å². The number of rotatable bonds is 10. The third-order valence-corrected chi connectivity index (χ3v) is 6.63. The van der Waals surface area contributed by atoms with Gasteiger partial charge in [0.25, 0.3) is 0 Å². The van der Waals surface area contributed by atoms with Crippen molar-refractivity contribution in [1.29, 1.82) is 0 Å². The van der Waals surface area contributed by atoms with Crippen LogP contribution in [0, 0.1) is 0 Å². The Bertz CT molecular complexity index is 249. The normalized spacial score (nSPS) is 19.2. The van der Waals surface area contributed by atoms with Crippen LogP contribution in [-0.4, -0.2) is 73.4 Å². The van der Waals surface area contributed by atoms with E-state index in [4.69, 9.17) is 13.3 Å². The van der Waals surface area contributed by atoms with Crippen molar-refractivity contribution in [2.45, 2.75) is 32.5 Å². The molecule has 1 fully saturated rings. The third kappa shape index (κ3) is 5.77. The summed E-state index contributed by atoms with van der Waals surface area (Å²) in [6, 6.07) is 0.851. The van der Waals surface area contributed by atoms with Crippen LogP contribution in [0.15, 0.2) is 0 Å². The van der Waals surface area contributed by atoms with Gasteiger partial charge in [0.1, 0.15) is 6.23 Å². The first kappa shape index (κ1) is 18.0. The first-order chi connectivity index (χ1) is 9.67. The first-order valence-electron chi connectivity index (χ1n) is 7.61. The molecular formula is C13H31N3O3Si. The van der Waals surface area contributed by atoms with E-state index in [0.717, 1.165) is 51.7 Å². The minimum Gasteiger partial charge on any atom is -0.377 e. The van der Waals surface area contributed by atoms with Crippen molar-refractivity contribution in [3.8, 4) is 0 Å². The lowest BCUT2D eigenvalue weighted by molar-refractivity contribution is -0.0285. The monoisotopic (exact) mass is 305 g/mol. The summed E-state index contributed by atoms with van der Waals surface area (Å²) in [5.74, 6) is 0. The fraction of sp³-hybridized carbons (Fsp3) is 1.00. The minimum absolute atomic E-state index is 0.0443. The van der Waals surface area contributed by atoms with E-state index in [1.165, 1.54) is 0 Å². The summed E-state index contributed by atoms with van der Waals surface area (Å²) in [7, 11) is 0.861. The topological polar surface area (TPSA) is 55.0 Å². The van der Waals surface area contributed by atoms with Crippen LogP contribution in [0.1, 0.15) is 20.3 Å². The van der Waals surface area contributed by atoms with Gasteiger partial charge in [-0.1, -0.05) is 6.92 Å². The largest absolute Gasteiger partial charge is 0.501 e. The summed E-state index contributed by atoms with van der Waals surface area (Å²) in [5, 5.41) is 6.67. The number of nitrogens with one attached hydrogen (secondary N) is 2. The lowest BCUT2D eigenvalue weighted by Crippen LogP contribution is -2.54. The molecule has 1 saturated heterocycles. The quantitative estimate of drug-likeness (QED) is 0.452. The first-order valence-corrected chi connectivity index (χ1v) is 9.54. The number of hydrogen-bond donors (Lipinski definition) is 2. The Balaban J connectivity index is 2.46. The van der Waals surface area contributed by atoms with Gasteiger partial charge >= 0.3 is 8.80 Å². The van der Waals surface area contributed by atoms with Gasteiger partial charge in [0.2, 0.25) is 0 Å². The summed E-state index contributed by atoms with van der Waals surface area (Å²) in [4.78, 5) is 2.33. The Morgan fingerprint density at radius 1 is 1.25 bits per heavy atom. The van der Waals surface area contributed by atoms with Crippen LogP contribution in [0.3, 0.4) is 0 Å². The van der Waals surface area contributed by atoms with Crippen LogP contribution in [0.25, 0.3) is 0 Å². The van der Waals surface area contributed by atoms with Crippen LogP contribution in [0.4, 0.5) is 0 Å². The molecule has 0 saturated carbocycles. The summed E-state index contributed by atoms with van der Waals surface area (Å²) in [5.41, 5.74) is 0. The molecule has 120 valence electrons. The van der Waals surface area contributed by atoms with E-state index in [2.05, 4.69) is 29.4 Å². The molecule has 1 unspecified atom stereocenters. The van der Waals surface area contributed by atoms with Crippen molar-refractivity contribution in [1.82, 2.24) is 15.5 Å². The smallest absolute Gasteiger partial charge is 0.377 e. The van der Waals surface area contributed by atoms with Gasteiger partial charge in [-0.2, -0.15) is 0 Å². The molecule has 6 nitrogen and oxygen atoms in total. The fourth-order valence-corrected chi connectivity index (χ4v) is 4.59. The summed E-state index contributed by atoms with van der Waals surface area (Å²) < 4.78 is 17.5. The third-order valence-electron chi connectivity index (χ3n) is 3.72. The predicted molar refractivity (Wildman–Crippen MR) is 82.7 cm³/mol. The van der Waals surface area contributed by atoms with Gasteiger partial charge in [0.15, 0.2) is 0 Å². The average molecular weight is 305 g/mol. The van der Waals surface area contributed by atoms with Crippen LogP contribution >= 0.6 is 0 Å². The van der Waals surface area contributed by atoms with Crippen molar-refractivity contribution in [2.75, 3.05) is 53.5 Å². The predicted octanol–water partition coefficient (Wildman–Crippen LogP) is 0.486. The second-order valence-corrected chi connectivity index (χ2v) is 7.97. The van der Waals surface area contributed by atoms with Crippen molar-refractivity contribution in [2.24, 2.45) is 0 Å². The van der Waals surface area contributed by atoms with Gasteiger partial charge < -0.3 is 23.9 Å². The molecule has 0 spiro atoms. The zero-order valence-electron chi connectivity index (χ0n) is 13.4. The van der Waals surface area contributed by atoms with Gasteiger partial charge in [0, 0.05) is 46.4 Å². The SMILES string of the molecule is CCNCCC[Si](OC)(OC)OC(C)N1CCNCC1. The van der Waals surface area contributed by atoms with Gasteiger partial charge in [-0.3, -0.25) is 4.90 Å². The molecule has 0 amide bonds. The highest BCUT2D eigenvalue weighted by atomic mass is 28.4. The molecule has 0 bridgehead atoms. The maximum absolute atomic E-state index is 6.22. The Hall–Kier alpha value is -0.0231. The maximum Gasteiger partial charge on any atom is 0.501 e. The molecular weight excluding hydrogens is 274 g/mol. The Morgan fingerprint density at radius 2 is 1.90 bits per heavy atom. The van der Waals surface area contributed by atoms with E-state index in [1.54, 1.807) is 14.2 Å². The summed E-state index contributed by atoms with van der Waals surface area (Å²) in [6.07, 6.45) is 1.05. The molecule has 1 atom stereocenters. The molecule has 0 aliphatic carbocycles. The lowest BCUT2D eigenvalue weighted by Gasteiger charge is -2.37. The van der Waals surface area contributed by atoms with Crippen molar-refractivity contribution >= 4 is 8.80 Å². The van der Waals surface area contributed by atoms with Crippen molar-refractivity contribution < 1.29 is 13.3 Å². The molecule has 2 N–H and O–H groups in total. The second-order valence-electron chi connectivity index (χ2n) is 5.05. The lowest BCUT2D eigenvalue weighted by atomic mass is 10.3. The molecule has 0 aromatic rings. The van der Waals surface area contributed by atoms with E-state index >= 15 is 0 Å². The van der Waals surface area contributed by atoms with Crippen LogP contribution in [-0.2, 0) is 13.3 Å². The highest BCUT2D eigenvalue weighted by Crippen LogP contribution is 2.19. The molecule has 1 aliphatic rings. The van der Waals surface area contributed by atoms with Gasteiger partial charge in [0.05, 0.1) is 0 Å². The summed E-state index contributed by atoms with van der Waals surface area (Å²) in [6.45, 7) is 10.2. The highest BCUT2D eigenvalue weighted by Gasteiger charge is 2.41. The zero-order chi connectivity index (χ0) is 14.8. The van der Waals surface area contributed by atoms with Crippen LogP contribution in [0.5, 0.6) is 0 Å². The minimum atomic E-state index is -2.54. The molecule has 1 aliphatic heterocycles. The average Bonchev–Trinajstić information content (AvgIpc) is 2.51. The van der Waals surface area contributed by atoms with Crippen molar-refractivity contribution in [3.63, 3.8) is 0 Å². The maximum atomic E-state index is 6.22. The van der Waals surface area contributed by atoms with Gasteiger partial charge in [-0.05, 0) is 26.4 Å². The fourth-order valence-electron chi connectivity index (χ4n) is 2.43. The summed E-state index contributed by atoms with van der Waals surface area (Å²) >= 11 is 0. The van der Waals surface area contributed by atoms with Gasteiger partial charge in [-0.15, -0.1) is 0 Å². The molecule has 20 heavy (non-hydrogen) atoms.